The van der Waals surface area contributed by atoms with Crippen LogP contribution in [0.5, 0.6) is 0 Å². The van der Waals surface area contributed by atoms with Crippen LogP contribution in [-0.2, 0) is 0 Å². The molecule has 0 aliphatic heterocycles. The van der Waals surface area contributed by atoms with Gasteiger partial charge in [-0.3, -0.25) is 0 Å². The van der Waals surface area contributed by atoms with Gasteiger partial charge in [-0.05, 0) is 12.5 Å². The van der Waals surface area contributed by atoms with Crippen molar-refractivity contribution >= 4 is 0 Å². The monoisotopic (exact) mass is 106 g/mol. The minimum atomic E-state index is -0.695. The summed E-state index contributed by atoms with van der Waals surface area (Å²) in [5, 5.41) is 0. The second-order valence-corrected chi connectivity index (χ2v) is 1.16. The summed E-state index contributed by atoms with van der Waals surface area (Å²) in [5.74, 6) is -0.373. The van der Waals surface area contributed by atoms with E-state index in [4.69, 9.17) is 0 Å². The lowest BCUT2D eigenvalue weighted by Crippen LogP contribution is -1.69. The molecule has 0 aromatic carbocycles. The Labute approximate surface area is 41.8 Å². The minimum Gasteiger partial charge on any atom is -0.246 e. The third kappa shape index (κ3) is 3.43. The molecule has 0 nitrogen and oxygen atoms in total. The molecule has 2 heteroatoms. The number of hydrogen-bond donors (Lipinski definition) is 0. The van der Waals surface area contributed by atoms with Gasteiger partial charge in [0.15, 0.2) is 0 Å². The predicted octanol–water partition coefficient (Wildman–Crippen LogP) is 2.22. The fraction of sp³-hybridized carbons (Fsp3) is 0.600. The number of rotatable bonds is 2. The first-order valence-corrected chi connectivity index (χ1v) is 2.21. The van der Waals surface area contributed by atoms with E-state index in [9.17, 15) is 8.78 Å². The topological polar surface area (TPSA) is 0 Å². The molecule has 0 saturated heterocycles. The van der Waals surface area contributed by atoms with Crippen LogP contribution in [0, 0.1) is 0 Å². The maximum absolute atomic E-state index is 11.8. The molecular weight excluding hydrogens is 98.1 g/mol. The van der Waals surface area contributed by atoms with Crippen LogP contribution in [0.3, 0.4) is 0 Å². The molecule has 0 radical (unpaired) electrons. The van der Waals surface area contributed by atoms with Crippen molar-refractivity contribution in [2.24, 2.45) is 0 Å². The zero-order valence-electron chi connectivity index (χ0n) is 4.25. The molecule has 0 unspecified atom stereocenters. The summed E-state index contributed by atoms with van der Waals surface area (Å²) in [6, 6.07) is 0. The van der Waals surface area contributed by atoms with Crippen molar-refractivity contribution in [1.29, 1.82) is 0 Å². The molecule has 0 aliphatic carbocycles. The first kappa shape index (κ1) is 6.60. The van der Waals surface area contributed by atoms with Crippen molar-refractivity contribution < 1.29 is 8.78 Å². The quantitative estimate of drug-likeness (QED) is 0.506. The minimum absolute atomic E-state index is 0.296. The van der Waals surface area contributed by atoms with Gasteiger partial charge in [-0.15, -0.1) is 0 Å². The summed E-state index contributed by atoms with van der Waals surface area (Å²) in [5.41, 5.74) is 0. The van der Waals surface area contributed by atoms with Crippen LogP contribution in [0.4, 0.5) is 8.78 Å². The summed E-state index contributed by atoms with van der Waals surface area (Å²) < 4.78 is 22.9. The summed E-state index contributed by atoms with van der Waals surface area (Å²) in [6.07, 6.45) is 1.23. The lowest BCUT2D eigenvalue weighted by Gasteiger charge is -1.82. The zero-order chi connectivity index (χ0) is 5.70. The van der Waals surface area contributed by atoms with Gasteiger partial charge in [0.2, 0.25) is 0 Å². The van der Waals surface area contributed by atoms with Crippen LogP contribution in [-0.4, -0.2) is 6.67 Å². The molecule has 0 aliphatic rings. The summed E-state index contributed by atoms with van der Waals surface area (Å²) in [7, 11) is 0. The first-order valence-electron chi connectivity index (χ1n) is 2.21. The van der Waals surface area contributed by atoms with Crippen LogP contribution in [0.2, 0.25) is 0 Å². The Morgan fingerprint density at radius 1 is 1.71 bits per heavy atom. The van der Waals surface area contributed by atoms with Gasteiger partial charge in [-0.25, -0.2) is 8.78 Å². The Kier molecular flexibility index (Phi) is 3.56. The van der Waals surface area contributed by atoms with E-state index in [1.54, 1.807) is 6.92 Å². The fourth-order valence-corrected chi connectivity index (χ4v) is 0.228. The normalized spacial score (nSPS) is 12.1. The molecule has 7 heavy (non-hydrogen) atoms. The molecule has 0 spiro atoms. The van der Waals surface area contributed by atoms with Gasteiger partial charge < -0.3 is 0 Å². The number of halogens is 2. The van der Waals surface area contributed by atoms with Crippen molar-refractivity contribution in [3.63, 3.8) is 0 Å². The van der Waals surface area contributed by atoms with Crippen molar-refractivity contribution in [2.45, 2.75) is 13.3 Å². The van der Waals surface area contributed by atoms with E-state index in [0.717, 1.165) is 6.08 Å². The van der Waals surface area contributed by atoms with Gasteiger partial charge in [0.25, 0.3) is 0 Å². The van der Waals surface area contributed by atoms with E-state index in [0.29, 0.717) is 6.42 Å². The van der Waals surface area contributed by atoms with Crippen molar-refractivity contribution in [2.75, 3.05) is 6.67 Å². The molecule has 0 bridgehead atoms. The highest BCUT2D eigenvalue weighted by molar-refractivity contribution is 4.89. The van der Waals surface area contributed by atoms with E-state index in [1.165, 1.54) is 0 Å². The molecule has 0 rings (SSSR count). The maximum Gasteiger partial charge on any atom is 0.110 e. The first-order chi connectivity index (χ1) is 3.31. The Morgan fingerprint density at radius 2 is 2.29 bits per heavy atom. The molecule has 0 aromatic rings. The number of hydrogen-bond acceptors (Lipinski definition) is 0. The van der Waals surface area contributed by atoms with Gasteiger partial charge in [-0.1, -0.05) is 6.92 Å². The average molecular weight is 106 g/mol. The van der Waals surface area contributed by atoms with E-state index in [2.05, 4.69) is 0 Å². The van der Waals surface area contributed by atoms with Crippen LogP contribution in [0.15, 0.2) is 11.9 Å². The van der Waals surface area contributed by atoms with Crippen molar-refractivity contribution in [1.82, 2.24) is 0 Å². The molecule has 0 N–H and O–H groups in total. The SMILES string of the molecule is CC/C(F)=C\CF. The van der Waals surface area contributed by atoms with Crippen molar-refractivity contribution in [3.8, 4) is 0 Å². The standard InChI is InChI=1S/C5H8F2/c1-2-5(7)3-4-6/h3H,2,4H2,1H3/b5-3+. The van der Waals surface area contributed by atoms with Crippen molar-refractivity contribution in [3.05, 3.63) is 11.9 Å². The zero-order valence-corrected chi connectivity index (χ0v) is 4.25. The molecule has 0 aromatic heterocycles. The molecule has 0 atom stereocenters. The second-order valence-electron chi connectivity index (χ2n) is 1.16. The Hall–Kier alpha value is -0.400. The second kappa shape index (κ2) is 3.78. The van der Waals surface area contributed by atoms with Crippen LogP contribution in [0.1, 0.15) is 13.3 Å². The van der Waals surface area contributed by atoms with Gasteiger partial charge in [-0.2, -0.15) is 0 Å². The number of allylic oxidation sites excluding steroid dienone is 2. The highest BCUT2D eigenvalue weighted by Gasteiger charge is 1.83. The Bertz CT molecular complexity index is 66.5. The van der Waals surface area contributed by atoms with Crippen LogP contribution in [0.25, 0.3) is 0 Å². The van der Waals surface area contributed by atoms with E-state index in [1.807, 2.05) is 0 Å². The molecular formula is C5H8F2. The Balaban J connectivity index is 3.29. The van der Waals surface area contributed by atoms with Gasteiger partial charge >= 0.3 is 0 Å². The smallest absolute Gasteiger partial charge is 0.110 e. The third-order valence-corrected chi connectivity index (χ3v) is 0.636. The summed E-state index contributed by atoms with van der Waals surface area (Å²) in [6.45, 7) is 0.946. The van der Waals surface area contributed by atoms with Gasteiger partial charge in [0.1, 0.15) is 6.67 Å². The predicted molar refractivity (Wildman–Crippen MR) is 25.5 cm³/mol. The molecule has 0 fully saturated rings. The Morgan fingerprint density at radius 3 is 2.43 bits per heavy atom. The highest BCUT2D eigenvalue weighted by Crippen LogP contribution is 1.99. The maximum atomic E-state index is 11.8. The fourth-order valence-electron chi connectivity index (χ4n) is 0.228. The van der Waals surface area contributed by atoms with Gasteiger partial charge in [0, 0.05) is 0 Å². The molecule has 0 heterocycles. The van der Waals surface area contributed by atoms with Crippen LogP contribution < -0.4 is 0 Å². The molecule has 42 valence electrons. The van der Waals surface area contributed by atoms with E-state index in [-0.39, 0.29) is 5.83 Å². The van der Waals surface area contributed by atoms with E-state index < -0.39 is 6.67 Å². The molecule has 0 amide bonds. The largest absolute Gasteiger partial charge is 0.246 e. The number of alkyl halides is 1. The third-order valence-electron chi connectivity index (χ3n) is 0.636. The summed E-state index contributed by atoms with van der Waals surface area (Å²) >= 11 is 0. The van der Waals surface area contributed by atoms with E-state index >= 15 is 0 Å². The average Bonchev–Trinajstić information content (AvgIpc) is 1.68. The van der Waals surface area contributed by atoms with Gasteiger partial charge in [0.05, 0.1) is 5.83 Å². The lowest BCUT2D eigenvalue weighted by molar-refractivity contribution is 0.534. The highest BCUT2D eigenvalue weighted by atomic mass is 19.1. The summed E-state index contributed by atoms with van der Waals surface area (Å²) in [4.78, 5) is 0. The molecule has 0 saturated carbocycles. The lowest BCUT2D eigenvalue weighted by atomic mass is 10.4. The van der Waals surface area contributed by atoms with Crippen LogP contribution >= 0.6 is 0 Å².